The smallest absolute Gasteiger partial charge is 0.202 e. The normalized spacial score (nSPS) is 11.3. The number of hydrogen-bond donors (Lipinski definition) is 0. The van der Waals surface area contributed by atoms with E-state index in [-0.39, 0.29) is 0 Å². The first-order valence-corrected chi connectivity index (χ1v) is 6.27. The first-order chi connectivity index (χ1) is 9.74. The minimum Gasteiger partial charge on any atom is -0.202 e. The van der Waals surface area contributed by atoms with Crippen LogP contribution in [-0.2, 0) is 0 Å². The van der Waals surface area contributed by atoms with Crippen molar-refractivity contribution in [2.75, 3.05) is 0 Å². The summed E-state index contributed by atoms with van der Waals surface area (Å²) in [7, 11) is 0. The minimum absolute atomic E-state index is 0.572. The SMILES string of the molecule is Cc1cc(C)n(-c2nncn2/N=C/c2ccccc2)n1. The molecule has 3 aromatic rings. The Labute approximate surface area is 116 Å². The molecule has 0 aliphatic carbocycles. The van der Waals surface area contributed by atoms with Gasteiger partial charge in [0.05, 0.1) is 11.9 Å². The van der Waals surface area contributed by atoms with Crippen molar-refractivity contribution >= 4 is 6.21 Å². The number of hydrogen-bond acceptors (Lipinski definition) is 4. The molecule has 0 N–H and O–H groups in total. The highest BCUT2D eigenvalue weighted by molar-refractivity contribution is 5.79. The first kappa shape index (κ1) is 12.3. The molecule has 3 rings (SSSR count). The molecule has 100 valence electrons. The maximum atomic E-state index is 4.39. The van der Waals surface area contributed by atoms with Crippen molar-refractivity contribution in [3.05, 3.63) is 59.7 Å². The second kappa shape index (κ2) is 5.08. The standard InChI is InChI=1S/C14H14N6/c1-11-8-12(2)20(18-11)14-17-15-10-19(14)16-9-13-6-4-3-5-7-13/h3-10H,1-2H3/b16-9+. The summed E-state index contributed by atoms with van der Waals surface area (Å²) in [4.78, 5) is 0. The molecule has 6 heteroatoms. The van der Waals surface area contributed by atoms with Crippen LogP contribution in [0, 0.1) is 13.8 Å². The lowest BCUT2D eigenvalue weighted by Crippen LogP contribution is -2.06. The van der Waals surface area contributed by atoms with Crippen molar-refractivity contribution in [2.45, 2.75) is 13.8 Å². The lowest BCUT2D eigenvalue weighted by molar-refractivity contribution is 0.717. The van der Waals surface area contributed by atoms with Gasteiger partial charge in [-0.3, -0.25) is 0 Å². The Balaban J connectivity index is 1.95. The van der Waals surface area contributed by atoms with Crippen LogP contribution in [0.15, 0.2) is 47.8 Å². The molecule has 0 unspecified atom stereocenters. The summed E-state index contributed by atoms with van der Waals surface area (Å²) < 4.78 is 3.33. The Hall–Kier alpha value is -2.76. The number of aryl methyl sites for hydroxylation is 2. The van der Waals surface area contributed by atoms with Gasteiger partial charge >= 0.3 is 0 Å². The zero-order chi connectivity index (χ0) is 13.9. The van der Waals surface area contributed by atoms with Crippen LogP contribution in [0.25, 0.3) is 5.95 Å². The first-order valence-electron chi connectivity index (χ1n) is 6.27. The molecular weight excluding hydrogens is 252 g/mol. The molecule has 6 nitrogen and oxygen atoms in total. The van der Waals surface area contributed by atoms with Gasteiger partial charge in [0, 0.05) is 5.69 Å². The molecule has 2 heterocycles. The van der Waals surface area contributed by atoms with Crippen LogP contribution >= 0.6 is 0 Å². The fraction of sp³-hybridized carbons (Fsp3) is 0.143. The minimum atomic E-state index is 0.572. The van der Waals surface area contributed by atoms with E-state index < -0.39 is 0 Å². The van der Waals surface area contributed by atoms with E-state index in [0.717, 1.165) is 17.0 Å². The van der Waals surface area contributed by atoms with Gasteiger partial charge in [-0.1, -0.05) is 30.3 Å². The van der Waals surface area contributed by atoms with Gasteiger partial charge in [0.1, 0.15) is 6.33 Å². The molecule has 0 saturated carbocycles. The summed E-state index contributed by atoms with van der Waals surface area (Å²) in [6.07, 6.45) is 3.32. The van der Waals surface area contributed by atoms with Gasteiger partial charge < -0.3 is 0 Å². The highest BCUT2D eigenvalue weighted by Crippen LogP contribution is 2.09. The monoisotopic (exact) mass is 266 g/mol. The van der Waals surface area contributed by atoms with Crippen molar-refractivity contribution in [1.29, 1.82) is 0 Å². The zero-order valence-corrected chi connectivity index (χ0v) is 11.3. The summed E-state index contributed by atoms with van der Waals surface area (Å²) in [5.74, 6) is 0.572. The molecule has 0 radical (unpaired) electrons. The number of rotatable bonds is 3. The molecule has 0 spiro atoms. The average Bonchev–Trinajstić information content (AvgIpc) is 3.03. The molecule has 0 saturated heterocycles. The number of aromatic nitrogens is 5. The molecule has 0 fully saturated rings. The third-order valence-electron chi connectivity index (χ3n) is 2.84. The molecule has 0 bridgehead atoms. The van der Waals surface area contributed by atoms with Gasteiger partial charge in [0.15, 0.2) is 0 Å². The van der Waals surface area contributed by atoms with E-state index in [1.54, 1.807) is 21.9 Å². The quantitative estimate of drug-likeness (QED) is 0.681. The van der Waals surface area contributed by atoms with Crippen LogP contribution in [0.5, 0.6) is 0 Å². The summed E-state index contributed by atoms with van der Waals surface area (Å²) in [6, 6.07) is 11.9. The second-order valence-corrected chi connectivity index (χ2v) is 4.47. The Kier molecular flexibility index (Phi) is 3.12. The van der Waals surface area contributed by atoms with Gasteiger partial charge in [-0.25, -0.2) is 4.68 Å². The maximum absolute atomic E-state index is 4.39. The summed E-state index contributed by atoms with van der Waals surface area (Å²) >= 11 is 0. The highest BCUT2D eigenvalue weighted by Gasteiger charge is 2.10. The molecular formula is C14H14N6. The molecule has 0 aliphatic heterocycles. The Morgan fingerprint density at radius 2 is 1.95 bits per heavy atom. The van der Waals surface area contributed by atoms with Crippen LogP contribution in [0.3, 0.4) is 0 Å². The topological polar surface area (TPSA) is 60.9 Å². The number of nitrogens with zero attached hydrogens (tertiary/aromatic N) is 6. The van der Waals surface area contributed by atoms with E-state index in [1.807, 2.05) is 50.2 Å². The fourth-order valence-corrected chi connectivity index (χ4v) is 1.94. The van der Waals surface area contributed by atoms with Crippen LogP contribution in [-0.4, -0.2) is 30.9 Å². The fourth-order valence-electron chi connectivity index (χ4n) is 1.94. The predicted molar refractivity (Wildman–Crippen MR) is 76.1 cm³/mol. The van der Waals surface area contributed by atoms with Gasteiger partial charge in [-0.15, -0.1) is 10.2 Å². The van der Waals surface area contributed by atoms with E-state index in [1.165, 1.54) is 0 Å². The van der Waals surface area contributed by atoms with E-state index >= 15 is 0 Å². The van der Waals surface area contributed by atoms with Crippen LogP contribution in [0.2, 0.25) is 0 Å². The predicted octanol–water partition coefficient (Wildman–Crippen LogP) is 1.96. The van der Waals surface area contributed by atoms with Crippen LogP contribution in [0.4, 0.5) is 0 Å². The largest absolute Gasteiger partial charge is 0.273 e. The Morgan fingerprint density at radius 1 is 1.15 bits per heavy atom. The highest BCUT2D eigenvalue weighted by atomic mass is 15.5. The lowest BCUT2D eigenvalue weighted by atomic mass is 10.2. The molecule has 0 amide bonds. The number of benzene rings is 1. The molecule has 2 aromatic heterocycles. The van der Waals surface area contributed by atoms with Crippen molar-refractivity contribution < 1.29 is 0 Å². The van der Waals surface area contributed by atoms with Gasteiger partial charge in [-0.2, -0.15) is 14.9 Å². The van der Waals surface area contributed by atoms with Crippen molar-refractivity contribution in [3.63, 3.8) is 0 Å². The van der Waals surface area contributed by atoms with E-state index in [0.29, 0.717) is 5.95 Å². The van der Waals surface area contributed by atoms with E-state index in [2.05, 4.69) is 20.4 Å². The molecule has 1 aromatic carbocycles. The molecule has 20 heavy (non-hydrogen) atoms. The van der Waals surface area contributed by atoms with Crippen LogP contribution in [0.1, 0.15) is 17.0 Å². The Bertz CT molecular complexity index is 738. The van der Waals surface area contributed by atoms with Crippen molar-refractivity contribution in [2.24, 2.45) is 5.10 Å². The van der Waals surface area contributed by atoms with Crippen molar-refractivity contribution in [3.8, 4) is 5.95 Å². The van der Waals surface area contributed by atoms with Gasteiger partial charge in [0.25, 0.3) is 5.95 Å². The average molecular weight is 266 g/mol. The molecule has 0 aliphatic rings. The third kappa shape index (κ3) is 2.35. The van der Waals surface area contributed by atoms with Crippen LogP contribution < -0.4 is 0 Å². The Morgan fingerprint density at radius 3 is 2.65 bits per heavy atom. The molecule has 0 atom stereocenters. The summed E-state index contributed by atoms with van der Waals surface area (Å²) in [5, 5.41) is 16.7. The zero-order valence-electron chi connectivity index (χ0n) is 11.3. The van der Waals surface area contributed by atoms with Gasteiger partial charge in [-0.05, 0) is 25.5 Å². The maximum Gasteiger partial charge on any atom is 0.273 e. The summed E-state index contributed by atoms with van der Waals surface area (Å²) in [6.45, 7) is 3.91. The van der Waals surface area contributed by atoms with E-state index in [9.17, 15) is 0 Å². The van der Waals surface area contributed by atoms with Crippen molar-refractivity contribution in [1.82, 2.24) is 24.7 Å². The van der Waals surface area contributed by atoms with E-state index in [4.69, 9.17) is 0 Å². The third-order valence-corrected chi connectivity index (χ3v) is 2.84. The second-order valence-electron chi connectivity index (χ2n) is 4.47. The van der Waals surface area contributed by atoms with Gasteiger partial charge in [0.2, 0.25) is 0 Å². The lowest BCUT2D eigenvalue weighted by Gasteiger charge is -2.02. The summed E-state index contributed by atoms with van der Waals surface area (Å²) in [5.41, 5.74) is 2.94.